The van der Waals surface area contributed by atoms with Crippen LogP contribution < -0.4 is 0 Å². The first-order valence-corrected chi connectivity index (χ1v) is 5.65. The summed E-state index contributed by atoms with van der Waals surface area (Å²) in [6.07, 6.45) is 0. The van der Waals surface area contributed by atoms with Crippen LogP contribution in [0.1, 0.15) is 21.5 Å². The molecule has 2 aromatic carbocycles. The normalized spacial score (nSPS) is 9.63. The van der Waals surface area contributed by atoms with E-state index in [2.05, 4.69) is 11.8 Å². The maximum absolute atomic E-state index is 13.7. The average Bonchev–Trinajstić information content (AvgIpc) is 2.43. The molecule has 94 valence electrons. The van der Waals surface area contributed by atoms with Crippen LogP contribution in [0.4, 0.5) is 8.78 Å². The molecule has 0 amide bonds. The zero-order valence-corrected chi connectivity index (χ0v) is 10.2. The van der Waals surface area contributed by atoms with Gasteiger partial charge in [0.2, 0.25) is 5.78 Å². The Labute approximate surface area is 109 Å². The lowest BCUT2D eigenvalue weighted by atomic mass is 10.1. The molecule has 0 heterocycles. The van der Waals surface area contributed by atoms with Crippen LogP contribution >= 0.6 is 0 Å². The van der Waals surface area contributed by atoms with Crippen molar-refractivity contribution in [2.45, 2.75) is 6.92 Å². The topological polar surface area (TPSA) is 17.1 Å². The molecule has 0 radical (unpaired) electrons. The quantitative estimate of drug-likeness (QED) is 0.563. The molecule has 0 atom stereocenters. The molecule has 0 aliphatic heterocycles. The van der Waals surface area contributed by atoms with Gasteiger partial charge in [0.05, 0.1) is 5.56 Å². The maximum Gasteiger partial charge on any atom is 0.239 e. The minimum Gasteiger partial charge on any atom is -0.279 e. The van der Waals surface area contributed by atoms with Gasteiger partial charge in [0.15, 0.2) is 0 Å². The zero-order chi connectivity index (χ0) is 13.8. The van der Waals surface area contributed by atoms with Gasteiger partial charge in [0.1, 0.15) is 11.6 Å². The van der Waals surface area contributed by atoms with Crippen LogP contribution in [0, 0.1) is 30.4 Å². The van der Waals surface area contributed by atoms with Gasteiger partial charge in [-0.15, -0.1) is 0 Å². The molecule has 3 heteroatoms. The number of Topliss-reactive ketones (excluding diaryl/α,β-unsaturated/α-hetero) is 1. The van der Waals surface area contributed by atoms with Gasteiger partial charge in [0, 0.05) is 11.1 Å². The van der Waals surface area contributed by atoms with E-state index >= 15 is 0 Å². The van der Waals surface area contributed by atoms with Gasteiger partial charge in [-0.2, -0.15) is 0 Å². The van der Waals surface area contributed by atoms with E-state index in [9.17, 15) is 13.6 Å². The molecule has 0 aliphatic carbocycles. The predicted octanol–water partition coefficient (Wildman–Crippen LogP) is 3.51. The van der Waals surface area contributed by atoms with E-state index in [1.165, 1.54) is 6.92 Å². The minimum absolute atomic E-state index is 0.174. The van der Waals surface area contributed by atoms with Crippen molar-refractivity contribution in [3.63, 3.8) is 0 Å². The number of ketones is 1. The lowest BCUT2D eigenvalue weighted by Crippen LogP contribution is -2.03. The van der Waals surface area contributed by atoms with Crippen LogP contribution in [-0.4, -0.2) is 5.78 Å². The van der Waals surface area contributed by atoms with Crippen LogP contribution in [0.15, 0.2) is 42.5 Å². The van der Waals surface area contributed by atoms with Crippen LogP contribution in [0.25, 0.3) is 0 Å². The van der Waals surface area contributed by atoms with E-state index in [1.54, 1.807) is 24.3 Å². The summed E-state index contributed by atoms with van der Waals surface area (Å²) < 4.78 is 26.8. The van der Waals surface area contributed by atoms with Crippen molar-refractivity contribution in [3.8, 4) is 11.8 Å². The molecule has 0 N–H and O–H groups in total. The fourth-order valence-corrected chi connectivity index (χ4v) is 1.55. The number of carbonyl (C=O) groups excluding carboxylic acids is 1. The van der Waals surface area contributed by atoms with Gasteiger partial charge in [-0.1, -0.05) is 24.1 Å². The lowest BCUT2D eigenvalue weighted by molar-refractivity contribution is 0.105. The van der Waals surface area contributed by atoms with Crippen molar-refractivity contribution >= 4 is 5.78 Å². The summed E-state index contributed by atoms with van der Waals surface area (Å²) in [7, 11) is 0. The summed E-state index contributed by atoms with van der Waals surface area (Å²) in [5.74, 6) is 2.80. The maximum atomic E-state index is 13.7. The van der Waals surface area contributed by atoms with Crippen molar-refractivity contribution in [1.29, 1.82) is 0 Å². The molecule has 0 bridgehead atoms. The molecule has 0 aliphatic rings. The van der Waals surface area contributed by atoms with Crippen molar-refractivity contribution in [2.75, 3.05) is 0 Å². The largest absolute Gasteiger partial charge is 0.279 e. The van der Waals surface area contributed by atoms with Crippen molar-refractivity contribution in [1.82, 2.24) is 0 Å². The second-order valence-corrected chi connectivity index (χ2v) is 3.98. The summed E-state index contributed by atoms with van der Waals surface area (Å²) in [5.41, 5.74) is 0.282. The Morgan fingerprint density at radius 1 is 1.05 bits per heavy atom. The van der Waals surface area contributed by atoms with Crippen molar-refractivity contribution in [3.05, 3.63) is 70.8 Å². The van der Waals surface area contributed by atoms with E-state index in [0.717, 1.165) is 12.1 Å². The highest BCUT2D eigenvalue weighted by atomic mass is 19.1. The van der Waals surface area contributed by atoms with Gasteiger partial charge in [-0.3, -0.25) is 4.79 Å². The fraction of sp³-hybridized carbons (Fsp3) is 0.0625. The molecule has 0 saturated carbocycles. The van der Waals surface area contributed by atoms with Crippen LogP contribution in [0.2, 0.25) is 0 Å². The molecule has 2 aromatic rings. The van der Waals surface area contributed by atoms with E-state index in [1.807, 2.05) is 6.07 Å². The number of rotatable bonds is 1. The van der Waals surface area contributed by atoms with E-state index < -0.39 is 17.4 Å². The Hall–Kier alpha value is -2.47. The summed E-state index contributed by atoms with van der Waals surface area (Å²) in [6.45, 7) is 1.28. The highest BCUT2D eigenvalue weighted by molar-refractivity contribution is 6.09. The Bertz CT molecular complexity index is 679. The highest BCUT2D eigenvalue weighted by Crippen LogP contribution is 2.16. The van der Waals surface area contributed by atoms with E-state index in [4.69, 9.17) is 0 Å². The summed E-state index contributed by atoms with van der Waals surface area (Å²) in [5, 5.41) is 0. The third-order valence-corrected chi connectivity index (χ3v) is 2.66. The first kappa shape index (κ1) is 13.0. The third-order valence-electron chi connectivity index (χ3n) is 2.66. The first-order valence-electron chi connectivity index (χ1n) is 5.65. The zero-order valence-electron chi connectivity index (χ0n) is 10.2. The van der Waals surface area contributed by atoms with Gasteiger partial charge in [-0.05, 0) is 37.1 Å². The Balaban J connectivity index is 2.32. The number of carbonyl (C=O) groups is 1. The molecular formula is C16H10F2O. The third kappa shape index (κ3) is 2.86. The van der Waals surface area contributed by atoms with Gasteiger partial charge in [-0.25, -0.2) is 8.78 Å². The standard InChI is InChI=1S/C16H10F2O/c1-11-14(17)9-8-13(16(11)18)15(19)10-7-12-5-3-2-4-6-12/h2-6,8-9H,1H3. The van der Waals surface area contributed by atoms with Gasteiger partial charge < -0.3 is 0 Å². The molecule has 0 fully saturated rings. The molecule has 2 rings (SSSR count). The fourth-order valence-electron chi connectivity index (χ4n) is 1.55. The molecule has 0 aromatic heterocycles. The second kappa shape index (κ2) is 5.45. The van der Waals surface area contributed by atoms with Gasteiger partial charge >= 0.3 is 0 Å². The first-order chi connectivity index (χ1) is 9.09. The van der Waals surface area contributed by atoms with Gasteiger partial charge in [0.25, 0.3) is 0 Å². The Morgan fingerprint density at radius 3 is 2.42 bits per heavy atom. The average molecular weight is 256 g/mol. The summed E-state index contributed by atoms with van der Waals surface area (Å²) in [4.78, 5) is 11.8. The second-order valence-electron chi connectivity index (χ2n) is 3.98. The number of benzene rings is 2. The van der Waals surface area contributed by atoms with Crippen LogP contribution in [0.5, 0.6) is 0 Å². The lowest BCUT2D eigenvalue weighted by Gasteiger charge is -2.01. The molecule has 0 unspecified atom stereocenters. The molecular weight excluding hydrogens is 246 g/mol. The predicted molar refractivity (Wildman–Crippen MR) is 68.7 cm³/mol. The molecule has 1 nitrogen and oxygen atoms in total. The molecule has 0 saturated heterocycles. The number of hydrogen-bond donors (Lipinski definition) is 0. The van der Waals surface area contributed by atoms with Crippen molar-refractivity contribution < 1.29 is 13.6 Å². The van der Waals surface area contributed by atoms with E-state index in [0.29, 0.717) is 5.56 Å². The SMILES string of the molecule is Cc1c(F)ccc(C(=O)C#Cc2ccccc2)c1F. The monoisotopic (exact) mass is 256 g/mol. The smallest absolute Gasteiger partial charge is 0.239 e. The van der Waals surface area contributed by atoms with Crippen LogP contribution in [0.3, 0.4) is 0 Å². The minimum atomic E-state index is -0.854. The Morgan fingerprint density at radius 2 is 1.74 bits per heavy atom. The molecule has 0 spiro atoms. The number of halogens is 2. The van der Waals surface area contributed by atoms with E-state index in [-0.39, 0.29) is 11.1 Å². The molecule has 19 heavy (non-hydrogen) atoms. The Kier molecular flexibility index (Phi) is 3.72. The summed E-state index contributed by atoms with van der Waals surface area (Å²) >= 11 is 0. The van der Waals surface area contributed by atoms with Crippen LogP contribution in [-0.2, 0) is 0 Å². The highest BCUT2D eigenvalue weighted by Gasteiger charge is 2.14. The number of hydrogen-bond acceptors (Lipinski definition) is 1. The summed E-state index contributed by atoms with van der Waals surface area (Å²) in [6, 6.07) is 11.1. The van der Waals surface area contributed by atoms with Crippen molar-refractivity contribution in [2.24, 2.45) is 0 Å².